The molecule has 3 amide bonds. The molecule has 2 heterocycles. The van der Waals surface area contributed by atoms with Crippen molar-refractivity contribution in [3.8, 4) is 5.75 Å². The van der Waals surface area contributed by atoms with Gasteiger partial charge in [0.25, 0.3) is 0 Å². The highest BCUT2D eigenvalue weighted by Gasteiger charge is 2.34. The van der Waals surface area contributed by atoms with Gasteiger partial charge >= 0.3 is 6.03 Å². The number of hydrogen-bond donors (Lipinski definition) is 4. The summed E-state index contributed by atoms with van der Waals surface area (Å²) in [5.41, 5.74) is 1.05. The van der Waals surface area contributed by atoms with E-state index >= 15 is 0 Å². The van der Waals surface area contributed by atoms with Gasteiger partial charge in [-0.05, 0) is 23.6 Å². The average molecular weight is 460 g/mol. The van der Waals surface area contributed by atoms with Gasteiger partial charge in [-0.3, -0.25) is 15.0 Å². The van der Waals surface area contributed by atoms with Crippen LogP contribution < -0.4 is 15.4 Å². The van der Waals surface area contributed by atoms with Gasteiger partial charge in [-0.25, -0.2) is 9.78 Å². The van der Waals surface area contributed by atoms with E-state index in [0.29, 0.717) is 25.3 Å². The zero-order valence-electron chi connectivity index (χ0n) is 19.5. The Bertz CT molecular complexity index is 991. The van der Waals surface area contributed by atoms with E-state index in [2.05, 4.69) is 36.4 Å². The van der Waals surface area contributed by atoms with Crippen LogP contribution in [0.5, 0.6) is 5.75 Å². The normalized spacial score (nSPS) is 17.4. The first-order chi connectivity index (χ1) is 15.7. The monoisotopic (exact) mass is 459 g/mol. The van der Waals surface area contributed by atoms with Crippen molar-refractivity contribution in [2.45, 2.75) is 45.4 Å². The predicted octanol–water partition coefficient (Wildman–Crippen LogP) is 1.84. The lowest BCUT2D eigenvalue weighted by Crippen LogP contribution is -2.44. The molecule has 1 aromatic carbocycles. The number of ether oxygens (including phenoxy) is 1. The van der Waals surface area contributed by atoms with Crippen LogP contribution in [0, 0.1) is 5.92 Å². The van der Waals surface area contributed by atoms with Gasteiger partial charge in [0, 0.05) is 32.0 Å². The maximum atomic E-state index is 12.8. The number of aromatic nitrogens is 2. The molecule has 0 spiro atoms. The van der Waals surface area contributed by atoms with Crippen LogP contribution >= 0.6 is 0 Å². The van der Waals surface area contributed by atoms with Crippen molar-refractivity contribution in [2.75, 3.05) is 32.1 Å². The summed E-state index contributed by atoms with van der Waals surface area (Å²) in [5, 5.41) is 25.0. The number of aliphatic hydroxyl groups is 2. The first kappa shape index (κ1) is 24.5. The lowest BCUT2D eigenvalue weighted by Gasteiger charge is -2.35. The quantitative estimate of drug-likeness (QED) is 0.401. The maximum absolute atomic E-state index is 12.8. The summed E-state index contributed by atoms with van der Waals surface area (Å²) in [5.74, 6) is 0.967. The third-order valence-corrected chi connectivity index (χ3v) is 6.34. The fourth-order valence-electron chi connectivity index (χ4n) is 3.70. The number of fused-ring (bicyclic) bond motifs is 1. The summed E-state index contributed by atoms with van der Waals surface area (Å²) in [6.45, 7) is 7.18. The van der Waals surface area contributed by atoms with Crippen LogP contribution in [0.2, 0.25) is 0 Å². The molecule has 180 valence electrons. The van der Waals surface area contributed by atoms with Crippen molar-refractivity contribution in [3.05, 3.63) is 41.9 Å². The number of nitrogens with zero attached hydrogens (tertiary/aromatic N) is 3. The number of amides is 3. The molecule has 1 unspecified atom stereocenters. The molecule has 1 aromatic heterocycles. The number of aliphatic hydroxyl groups excluding tert-OH is 2. The largest absolute Gasteiger partial charge is 0.493 e. The molecule has 0 radical (unpaired) electrons. The summed E-state index contributed by atoms with van der Waals surface area (Å²) >= 11 is 0. The molecular formula is C23H33N5O5. The second-order valence-corrected chi connectivity index (χ2v) is 8.82. The molecule has 2 atom stereocenters. The molecule has 1 aliphatic rings. The summed E-state index contributed by atoms with van der Waals surface area (Å²) < 4.78 is 7.26. The molecule has 0 saturated carbocycles. The number of nitrogens with one attached hydrogen (secondary N) is 2. The molecule has 4 N–H and O–H groups in total. The highest BCUT2D eigenvalue weighted by Crippen LogP contribution is 2.33. The van der Waals surface area contributed by atoms with Crippen molar-refractivity contribution in [2.24, 2.45) is 5.92 Å². The Hall–Kier alpha value is -3.11. The third kappa shape index (κ3) is 5.28. The van der Waals surface area contributed by atoms with E-state index < -0.39 is 12.3 Å². The van der Waals surface area contributed by atoms with Gasteiger partial charge in [-0.2, -0.15) is 0 Å². The van der Waals surface area contributed by atoms with E-state index in [1.807, 2.05) is 24.3 Å². The number of urea groups is 1. The molecule has 10 nitrogen and oxygen atoms in total. The van der Waals surface area contributed by atoms with Gasteiger partial charge in [0.1, 0.15) is 18.0 Å². The summed E-state index contributed by atoms with van der Waals surface area (Å²) in [6, 6.07) is 7.34. The number of carbonyl (C=O) groups is 2. The Kier molecular flexibility index (Phi) is 7.60. The minimum absolute atomic E-state index is 0.0401. The Labute approximate surface area is 193 Å². The van der Waals surface area contributed by atoms with Gasteiger partial charge < -0.3 is 24.8 Å². The average Bonchev–Trinajstić information content (AvgIpc) is 3.18. The molecule has 3 rings (SSSR count). The van der Waals surface area contributed by atoms with Crippen LogP contribution in [0.4, 0.5) is 10.6 Å². The van der Waals surface area contributed by atoms with Gasteiger partial charge in [-0.15, -0.1) is 0 Å². The van der Waals surface area contributed by atoms with Crippen LogP contribution in [0.15, 0.2) is 30.6 Å². The van der Waals surface area contributed by atoms with Crippen LogP contribution in [0.1, 0.15) is 44.7 Å². The maximum Gasteiger partial charge on any atom is 0.325 e. The lowest BCUT2D eigenvalue weighted by atomic mass is 9.73. The van der Waals surface area contributed by atoms with Crippen molar-refractivity contribution in [1.29, 1.82) is 0 Å². The van der Waals surface area contributed by atoms with E-state index in [1.165, 1.54) is 17.9 Å². The summed E-state index contributed by atoms with van der Waals surface area (Å²) in [7, 11) is 1.47. The van der Waals surface area contributed by atoms with Gasteiger partial charge in [0.2, 0.25) is 5.91 Å². The van der Waals surface area contributed by atoms with E-state index in [0.717, 1.165) is 16.2 Å². The van der Waals surface area contributed by atoms with Crippen LogP contribution in [0.3, 0.4) is 0 Å². The number of carbonyl (C=O) groups excluding carboxylic acids is 2. The zero-order chi connectivity index (χ0) is 24.2. The molecular weight excluding hydrogens is 426 g/mol. The smallest absolute Gasteiger partial charge is 0.325 e. The fourth-order valence-corrected chi connectivity index (χ4v) is 3.70. The SMILES string of the molecule is CC(C)[C@](C)(CNC(=O)Cn1cnc2c1C(O)N(C)C(=O)N2)c1cccc(OCCCO)c1. The van der Waals surface area contributed by atoms with Crippen LogP contribution in [0.25, 0.3) is 0 Å². The molecule has 10 heteroatoms. The van der Waals surface area contributed by atoms with Gasteiger partial charge in [0.15, 0.2) is 12.0 Å². The molecule has 33 heavy (non-hydrogen) atoms. The minimum atomic E-state index is -1.18. The lowest BCUT2D eigenvalue weighted by molar-refractivity contribution is -0.122. The van der Waals surface area contributed by atoms with E-state index in [1.54, 1.807) is 0 Å². The topological polar surface area (TPSA) is 129 Å². The van der Waals surface area contributed by atoms with Gasteiger partial charge in [-0.1, -0.05) is 32.9 Å². The molecule has 0 bridgehead atoms. The number of rotatable bonds is 10. The number of imidazole rings is 1. The van der Waals surface area contributed by atoms with Crippen LogP contribution in [-0.2, 0) is 16.8 Å². The molecule has 0 saturated heterocycles. The number of hydrogen-bond acceptors (Lipinski definition) is 6. The van der Waals surface area contributed by atoms with E-state index in [-0.39, 0.29) is 36.2 Å². The van der Waals surface area contributed by atoms with E-state index in [4.69, 9.17) is 9.84 Å². The minimum Gasteiger partial charge on any atom is -0.493 e. The Morgan fingerprint density at radius 2 is 2.15 bits per heavy atom. The van der Waals surface area contributed by atoms with Crippen molar-refractivity contribution < 1.29 is 24.5 Å². The third-order valence-electron chi connectivity index (χ3n) is 6.34. The van der Waals surface area contributed by atoms with Crippen molar-refractivity contribution in [1.82, 2.24) is 19.8 Å². The summed E-state index contributed by atoms with van der Waals surface area (Å²) in [4.78, 5) is 29.9. The molecule has 0 fully saturated rings. The second-order valence-electron chi connectivity index (χ2n) is 8.82. The number of benzene rings is 1. The Morgan fingerprint density at radius 3 is 2.85 bits per heavy atom. The first-order valence-electron chi connectivity index (χ1n) is 11.0. The highest BCUT2D eigenvalue weighted by molar-refractivity contribution is 5.91. The van der Waals surface area contributed by atoms with Crippen molar-refractivity contribution >= 4 is 17.8 Å². The Balaban J connectivity index is 1.69. The molecule has 0 aliphatic carbocycles. The predicted molar refractivity (Wildman–Crippen MR) is 123 cm³/mol. The summed E-state index contributed by atoms with van der Waals surface area (Å²) in [6.07, 6.45) is 0.814. The molecule has 2 aromatic rings. The zero-order valence-corrected chi connectivity index (χ0v) is 19.5. The highest BCUT2D eigenvalue weighted by atomic mass is 16.5. The second kappa shape index (κ2) is 10.2. The standard InChI is InChI=1S/C23H33N5O5/c1-15(2)23(3,16-7-5-8-17(11-16)33-10-6-9-29)13-24-18(30)12-28-14-25-20-19(28)21(31)27(4)22(32)26-20/h5,7-8,11,14-15,21,29,31H,6,9-10,12-13H2,1-4H3,(H,24,30)(H,26,32)/t21?,23-/m0/s1. The first-order valence-corrected chi connectivity index (χ1v) is 11.0. The fraction of sp³-hybridized carbons (Fsp3) is 0.522. The number of anilines is 1. The Morgan fingerprint density at radius 1 is 1.39 bits per heavy atom. The molecule has 1 aliphatic heterocycles. The van der Waals surface area contributed by atoms with Gasteiger partial charge in [0.05, 0.1) is 12.9 Å². The van der Waals surface area contributed by atoms with Crippen molar-refractivity contribution in [3.63, 3.8) is 0 Å². The van der Waals surface area contributed by atoms with Crippen LogP contribution in [-0.4, -0.2) is 63.4 Å². The van der Waals surface area contributed by atoms with E-state index in [9.17, 15) is 14.7 Å².